The first-order valence-electron chi connectivity index (χ1n) is 12.2. The maximum atomic E-state index is 13.9. The van der Waals surface area contributed by atoms with Crippen molar-refractivity contribution >= 4 is 5.91 Å². The third-order valence-electron chi connectivity index (χ3n) is 8.16. The van der Waals surface area contributed by atoms with E-state index in [0.717, 1.165) is 49.0 Å². The van der Waals surface area contributed by atoms with E-state index in [9.17, 15) is 4.79 Å². The Balaban J connectivity index is 1.34. The predicted octanol–water partition coefficient (Wildman–Crippen LogP) is 4.12. The van der Waals surface area contributed by atoms with Gasteiger partial charge < -0.3 is 9.64 Å². The van der Waals surface area contributed by atoms with Crippen molar-refractivity contribution in [2.75, 3.05) is 26.7 Å². The van der Waals surface area contributed by atoms with Gasteiger partial charge in [0.2, 0.25) is 0 Å². The zero-order valence-electron chi connectivity index (χ0n) is 18.8. The monoisotopic (exact) mass is 432 g/mol. The van der Waals surface area contributed by atoms with Crippen LogP contribution >= 0.6 is 0 Å². The van der Waals surface area contributed by atoms with E-state index in [0.29, 0.717) is 17.4 Å². The van der Waals surface area contributed by atoms with E-state index >= 15 is 0 Å². The van der Waals surface area contributed by atoms with E-state index in [2.05, 4.69) is 26.1 Å². The number of nitrogens with one attached hydrogen (secondary N) is 1. The maximum absolute atomic E-state index is 13.9. The van der Waals surface area contributed by atoms with Crippen molar-refractivity contribution in [3.8, 4) is 17.0 Å². The quantitative estimate of drug-likeness (QED) is 0.741. The zero-order valence-corrected chi connectivity index (χ0v) is 18.8. The van der Waals surface area contributed by atoms with Crippen molar-refractivity contribution in [2.24, 2.45) is 11.8 Å². The Kier molecular flexibility index (Phi) is 5.05. The second-order valence-corrected chi connectivity index (χ2v) is 9.87. The highest BCUT2D eigenvalue weighted by atomic mass is 16.5. The molecule has 4 heterocycles. The molecule has 32 heavy (non-hydrogen) atoms. The molecule has 3 saturated heterocycles. The van der Waals surface area contributed by atoms with Crippen molar-refractivity contribution in [1.82, 2.24) is 20.0 Å². The van der Waals surface area contributed by atoms with Gasteiger partial charge in [0.1, 0.15) is 5.75 Å². The van der Waals surface area contributed by atoms with Gasteiger partial charge in [-0.25, -0.2) is 0 Å². The summed E-state index contributed by atoms with van der Waals surface area (Å²) in [6.45, 7) is 3.18. The lowest BCUT2D eigenvalue weighted by Crippen LogP contribution is -2.60. The first kappa shape index (κ1) is 20.0. The average Bonchev–Trinajstić information content (AvgIpc) is 3.33. The molecule has 4 aliphatic rings. The summed E-state index contributed by atoms with van der Waals surface area (Å²) in [5.74, 6) is 2.05. The molecular formula is C26H32N4O2. The molecular weight excluding hydrogens is 400 g/mol. The van der Waals surface area contributed by atoms with Crippen molar-refractivity contribution in [3.05, 3.63) is 47.7 Å². The van der Waals surface area contributed by atoms with Crippen LogP contribution in [0, 0.1) is 11.8 Å². The maximum Gasteiger partial charge on any atom is 0.258 e. The SMILES string of the molecule is COc1ccccc1-c1[nH]ncc1C(=O)N1CCCC2=C[C@H]3C[C@@H](CN4CCCCC34)C21. The lowest BCUT2D eigenvalue weighted by molar-refractivity contribution is 0.00150. The van der Waals surface area contributed by atoms with Gasteiger partial charge in [-0.05, 0) is 62.6 Å². The zero-order chi connectivity index (χ0) is 21.7. The number of fused-ring (bicyclic) bond motifs is 6. The Labute approximate surface area is 189 Å². The highest BCUT2D eigenvalue weighted by Crippen LogP contribution is 2.45. The van der Waals surface area contributed by atoms with Crippen molar-refractivity contribution < 1.29 is 9.53 Å². The smallest absolute Gasteiger partial charge is 0.258 e. The number of amides is 1. The van der Waals surface area contributed by atoms with Gasteiger partial charge >= 0.3 is 0 Å². The largest absolute Gasteiger partial charge is 0.496 e. The van der Waals surface area contributed by atoms with Crippen LogP contribution in [0.15, 0.2) is 42.1 Å². The number of carbonyl (C=O) groups is 1. The first-order chi connectivity index (χ1) is 15.7. The van der Waals surface area contributed by atoms with Crippen LogP contribution in [0.1, 0.15) is 48.9 Å². The molecule has 2 bridgehead atoms. The van der Waals surface area contributed by atoms with Gasteiger partial charge in [-0.1, -0.05) is 30.2 Å². The fraction of sp³-hybridized carbons (Fsp3) is 0.538. The van der Waals surface area contributed by atoms with E-state index in [1.807, 2.05) is 24.3 Å². The number of benzene rings is 1. The summed E-state index contributed by atoms with van der Waals surface area (Å²) in [4.78, 5) is 18.8. The number of para-hydroxylation sites is 1. The molecule has 2 unspecified atom stereocenters. The van der Waals surface area contributed by atoms with Crippen LogP contribution in [0.5, 0.6) is 5.75 Å². The number of ether oxygens (including phenoxy) is 1. The third-order valence-corrected chi connectivity index (χ3v) is 8.16. The second kappa shape index (κ2) is 8.07. The van der Waals surface area contributed by atoms with E-state index in [-0.39, 0.29) is 11.9 Å². The van der Waals surface area contributed by atoms with Crippen molar-refractivity contribution in [1.29, 1.82) is 0 Å². The minimum absolute atomic E-state index is 0.0921. The predicted molar refractivity (Wildman–Crippen MR) is 124 cm³/mol. The number of nitrogens with zero attached hydrogens (tertiary/aromatic N) is 3. The molecule has 0 radical (unpaired) electrons. The number of methoxy groups -OCH3 is 1. The van der Waals surface area contributed by atoms with Gasteiger partial charge in [0.25, 0.3) is 5.91 Å². The Hall–Kier alpha value is -2.60. The minimum Gasteiger partial charge on any atom is -0.496 e. The molecule has 168 valence electrons. The molecule has 6 heteroatoms. The number of hydrogen-bond acceptors (Lipinski definition) is 4. The van der Waals surface area contributed by atoms with Gasteiger partial charge in [0.05, 0.1) is 30.6 Å². The number of H-pyrrole nitrogens is 1. The lowest BCUT2D eigenvalue weighted by atomic mass is 9.68. The first-order valence-corrected chi connectivity index (χ1v) is 12.2. The van der Waals surface area contributed by atoms with Crippen molar-refractivity contribution in [3.63, 3.8) is 0 Å². The Morgan fingerprint density at radius 1 is 1.19 bits per heavy atom. The lowest BCUT2D eigenvalue weighted by Gasteiger charge is -2.54. The summed E-state index contributed by atoms with van der Waals surface area (Å²) < 4.78 is 5.55. The van der Waals surface area contributed by atoms with E-state index in [1.165, 1.54) is 37.8 Å². The molecule has 0 spiro atoms. The topological polar surface area (TPSA) is 61.5 Å². The fourth-order valence-corrected chi connectivity index (χ4v) is 6.86. The molecule has 6 nitrogen and oxygen atoms in total. The summed E-state index contributed by atoms with van der Waals surface area (Å²) in [5.41, 5.74) is 3.78. The molecule has 1 aliphatic carbocycles. The fourth-order valence-electron chi connectivity index (χ4n) is 6.86. The average molecular weight is 433 g/mol. The molecule has 0 saturated carbocycles. The molecule has 1 amide bonds. The van der Waals surface area contributed by atoms with Crippen LogP contribution in [0.3, 0.4) is 0 Å². The second-order valence-electron chi connectivity index (χ2n) is 9.87. The highest BCUT2D eigenvalue weighted by molar-refractivity contribution is 6.00. The highest BCUT2D eigenvalue weighted by Gasteiger charge is 2.47. The molecule has 1 aromatic carbocycles. The normalized spacial score (nSPS) is 29.7. The number of aromatic amines is 1. The van der Waals surface area contributed by atoms with Gasteiger partial charge in [-0.2, -0.15) is 5.10 Å². The molecule has 2 aromatic rings. The standard InChI is InChI=1S/C26H32N4O2/c1-32-23-10-3-2-8-20(23)24-21(15-27-28-24)26(31)30-12-6-7-17-13-18-14-19(25(17)30)16-29-11-5-4-9-22(18)29/h2-3,8,10,13,15,18-19,22,25H,4-7,9,11-12,14,16H2,1H3,(H,27,28)/t18-,19-,22?,25?/m0/s1. The van der Waals surface area contributed by atoms with Crippen LogP contribution in [-0.4, -0.2) is 64.7 Å². The number of piperidine rings is 3. The summed E-state index contributed by atoms with van der Waals surface area (Å²) in [6.07, 6.45) is 11.7. The third kappa shape index (κ3) is 3.19. The van der Waals surface area contributed by atoms with Gasteiger partial charge in [-0.15, -0.1) is 0 Å². The van der Waals surface area contributed by atoms with Crippen LogP contribution in [0.2, 0.25) is 0 Å². The Bertz CT molecular complexity index is 1040. The Morgan fingerprint density at radius 2 is 2.09 bits per heavy atom. The van der Waals surface area contributed by atoms with E-state index < -0.39 is 0 Å². The molecule has 1 aromatic heterocycles. The van der Waals surface area contributed by atoms with Crippen LogP contribution in [-0.2, 0) is 0 Å². The summed E-state index contributed by atoms with van der Waals surface area (Å²) in [7, 11) is 1.66. The van der Waals surface area contributed by atoms with Crippen LogP contribution < -0.4 is 4.74 Å². The molecule has 1 N–H and O–H groups in total. The minimum atomic E-state index is 0.0921. The molecule has 3 aliphatic heterocycles. The van der Waals surface area contributed by atoms with Gasteiger partial charge in [0, 0.05) is 24.7 Å². The summed E-state index contributed by atoms with van der Waals surface area (Å²) >= 11 is 0. The van der Waals surface area contributed by atoms with Crippen LogP contribution in [0.25, 0.3) is 11.3 Å². The van der Waals surface area contributed by atoms with Gasteiger partial charge in [0.15, 0.2) is 0 Å². The number of rotatable bonds is 3. The van der Waals surface area contributed by atoms with Crippen molar-refractivity contribution in [2.45, 2.75) is 50.6 Å². The Morgan fingerprint density at radius 3 is 3.00 bits per heavy atom. The number of hydrogen-bond donors (Lipinski definition) is 1. The summed E-state index contributed by atoms with van der Waals surface area (Å²) in [6, 6.07) is 8.77. The van der Waals surface area contributed by atoms with Crippen LogP contribution in [0.4, 0.5) is 0 Å². The summed E-state index contributed by atoms with van der Waals surface area (Å²) in [5, 5.41) is 7.33. The molecule has 6 rings (SSSR count). The number of aromatic nitrogens is 2. The molecule has 3 fully saturated rings. The molecule has 4 atom stereocenters. The van der Waals surface area contributed by atoms with E-state index in [1.54, 1.807) is 13.3 Å². The van der Waals surface area contributed by atoms with Gasteiger partial charge in [-0.3, -0.25) is 14.8 Å². The van der Waals surface area contributed by atoms with E-state index in [4.69, 9.17) is 4.74 Å². The number of likely N-dealkylation sites (tertiary alicyclic amines) is 1. The number of carbonyl (C=O) groups excluding carboxylic acids is 1.